The highest BCUT2D eigenvalue weighted by Crippen LogP contribution is 2.35. The molecule has 0 radical (unpaired) electrons. The van der Waals surface area contributed by atoms with Crippen LogP contribution in [0, 0.1) is 12.3 Å². The van der Waals surface area contributed by atoms with Crippen LogP contribution in [0.15, 0.2) is 60.7 Å². The number of fused-ring (bicyclic) bond motifs is 1. The molecule has 2 fully saturated rings. The van der Waals surface area contributed by atoms with Crippen molar-refractivity contribution in [3.63, 3.8) is 0 Å². The van der Waals surface area contributed by atoms with Crippen molar-refractivity contribution < 1.29 is 28.5 Å². The number of hydrogen-bond donors (Lipinski definition) is 1. The molecule has 6 atom stereocenters. The lowest BCUT2D eigenvalue weighted by Crippen LogP contribution is -2.67. The van der Waals surface area contributed by atoms with Crippen LogP contribution in [0.25, 0.3) is 0 Å². The van der Waals surface area contributed by atoms with Gasteiger partial charge in [-0.2, -0.15) is 0 Å². The quantitative estimate of drug-likeness (QED) is 0.671. The van der Waals surface area contributed by atoms with E-state index in [2.05, 4.69) is 11.2 Å². The van der Waals surface area contributed by atoms with Gasteiger partial charge in [-0.1, -0.05) is 66.6 Å². The maximum atomic E-state index is 12.0. The number of carbonyl (C=O) groups is 1. The topological polar surface area (TPSA) is 75.3 Å². The van der Waals surface area contributed by atoms with Gasteiger partial charge in [0.25, 0.3) is 0 Å². The molecular formula is C25H27NO6. The van der Waals surface area contributed by atoms with E-state index in [1.54, 1.807) is 0 Å². The number of terminal acetylenes is 1. The van der Waals surface area contributed by atoms with Gasteiger partial charge >= 0.3 is 0 Å². The lowest BCUT2D eigenvalue weighted by Gasteiger charge is -2.49. The lowest BCUT2D eigenvalue weighted by atomic mass is 9.95. The van der Waals surface area contributed by atoms with Gasteiger partial charge in [-0.05, 0) is 5.56 Å². The SMILES string of the molecule is C#CCO[C@H]1[C@H](NC(C)=O)[C@H](OCc2ccccc2)O[C@H]2CO[C@H](c3ccccc3)O[C@@H]12. The fourth-order valence-corrected chi connectivity index (χ4v) is 3.98. The van der Waals surface area contributed by atoms with Crippen LogP contribution in [0.5, 0.6) is 0 Å². The van der Waals surface area contributed by atoms with Crippen molar-refractivity contribution in [1.82, 2.24) is 5.32 Å². The van der Waals surface area contributed by atoms with Gasteiger partial charge in [0.2, 0.25) is 5.91 Å². The molecule has 168 valence electrons. The molecule has 2 aromatic carbocycles. The Labute approximate surface area is 187 Å². The van der Waals surface area contributed by atoms with Crippen LogP contribution in [0.1, 0.15) is 24.3 Å². The van der Waals surface area contributed by atoms with Crippen LogP contribution in [0.3, 0.4) is 0 Å². The maximum Gasteiger partial charge on any atom is 0.217 e. The van der Waals surface area contributed by atoms with E-state index in [-0.39, 0.29) is 19.1 Å². The second-order valence-corrected chi connectivity index (χ2v) is 7.72. The fraction of sp³-hybridized carbons (Fsp3) is 0.400. The molecule has 1 amide bonds. The summed E-state index contributed by atoms with van der Waals surface area (Å²) in [6, 6.07) is 18.8. The summed E-state index contributed by atoms with van der Waals surface area (Å²) in [5.41, 5.74) is 1.88. The molecule has 0 aliphatic carbocycles. The number of hydrogen-bond acceptors (Lipinski definition) is 6. The number of ether oxygens (including phenoxy) is 5. The highest BCUT2D eigenvalue weighted by molar-refractivity contribution is 5.73. The summed E-state index contributed by atoms with van der Waals surface area (Å²) in [7, 11) is 0. The highest BCUT2D eigenvalue weighted by Gasteiger charge is 2.51. The molecule has 2 aromatic rings. The number of rotatable bonds is 7. The van der Waals surface area contributed by atoms with Crippen molar-refractivity contribution in [2.45, 2.75) is 50.5 Å². The smallest absolute Gasteiger partial charge is 0.217 e. The zero-order valence-electron chi connectivity index (χ0n) is 17.9. The molecule has 32 heavy (non-hydrogen) atoms. The molecule has 2 aliphatic heterocycles. The molecule has 2 heterocycles. The Hall–Kier alpha value is -2.73. The van der Waals surface area contributed by atoms with E-state index < -0.39 is 36.9 Å². The summed E-state index contributed by atoms with van der Waals surface area (Å²) < 4.78 is 30.5. The summed E-state index contributed by atoms with van der Waals surface area (Å²) in [4.78, 5) is 12.0. The first-order chi connectivity index (χ1) is 15.7. The summed E-state index contributed by atoms with van der Waals surface area (Å²) in [5.74, 6) is 2.27. The molecule has 0 spiro atoms. The molecule has 7 nitrogen and oxygen atoms in total. The van der Waals surface area contributed by atoms with Gasteiger partial charge in [0.05, 0.1) is 13.2 Å². The third-order valence-electron chi connectivity index (χ3n) is 5.40. The fourth-order valence-electron chi connectivity index (χ4n) is 3.98. The molecule has 4 rings (SSSR count). The minimum Gasteiger partial charge on any atom is -0.360 e. The standard InChI is InChI=1S/C25H27NO6/c1-3-14-28-23-21(26-17(2)27)25(29-15-18-10-6-4-7-11-18)31-20-16-30-24(32-22(20)23)19-12-8-5-9-13-19/h1,4-13,20-25H,14-16H2,2H3,(H,26,27)/t20-,21-,22+,23-,24-,25+/m0/s1. The number of carbonyl (C=O) groups excluding carboxylic acids is 1. The van der Waals surface area contributed by atoms with Crippen molar-refractivity contribution >= 4 is 5.91 Å². The first-order valence-corrected chi connectivity index (χ1v) is 10.6. The average Bonchev–Trinajstić information content (AvgIpc) is 2.82. The van der Waals surface area contributed by atoms with Crippen LogP contribution < -0.4 is 5.32 Å². The second-order valence-electron chi connectivity index (χ2n) is 7.72. The third-order valence-corrected chi connectivity index (χ3v) is 5.40. The Morgan fingerprint density at radius 1 is 1.09 bits per heavy atom. The van der Waals surface area contributed by atoms with E-state index in [0.717, 1.165) is 11.1 Å². The van der Waals surface area contributed by atoms with Gasteiger partial charge in [-0.15, -0.1) is 6.42 Å². The monoisotopic (exact) mass is 437 g/mol. The first-order valence-electron chi connectivity index (χ1n) is 10.6. The predicted octanol–water partition coefficient (Wildman–Crippen LogP) is 2.57. The van der Waals surface area contributed by atoms with Crippen LogP contribution in [0.2, 0.25) is 0 Å². The van der Waals surface area contributed by atoms with Crippen LogP contribution >= 0.6 is 0 Å². The molecule has 0 bridgehead atoms. The molecule has 1 N–H and O–H groups in total. The largest absolute Gasteiger partial charge is 0.360 e. The average molecular weight is 437 g/mol. The maximum absolute atomic E-state index is 12.0. The lowest BCUT2D eigenvalue weighted by molar-refractivity contribution is -0.348. The Bertz CT molecular complexity index is 915. The minimum atomic E-state index is -0.761. The molecule has 0 saturated carbocycles. The summed E-state index contributed by atoms with van der Waals surface area (Å²) >= 11 is 0. The zero-order valence-corrected chi connectivity index (χ0v) is 17.9. The van der Waals surface area contributed by atoms with Crippen LogP contribution in [0.4, 0.5) is 0 Å². The summed E-state index contributed by atoms with van der Waals surface area (Å²) in [6.45, 7) is 2.11. The van der Waals surface area contributed by atoms with Gasteiger partial charge < -0.3 is 29.0 Å². The highest BCUT2D eigenvalue weighted by atomic mass is 16.7. The van der Waals surface area contributed by atoms with E-state index in [1.165, 1.54) is 6.92 Å². The van der Waals surface area contributed by atoms with Crippen molar-refractivity contribution in [2.75, 3.05) is 13.2 Å². The van der Waals surface area contributed by atoms with Gasteiger partial charge in [-0.3, -0.25) is 4.79 Å². The summed E-state index contributed by atoms with van der Waals surface area (Å²) in [5, 5.41) is 2.91. The summed E-state index contributed by atoms with van der Waals surface area (Å²) in [6.07, 6.45) is 2.60. The Morgan fingerprint density at radius 3 is 2.50 bits per heavy atom. The normalized spacial score (nSPS) is 29.5. The van der Waals surface area contributed by atoms with E-state index in [0.29, 0.717) is 6.61 Å². The van der Waals surface area contributed by atoms with Crippen LogP contribution in [-0.4, -0.2) is 49.8 Å². The number of benzene rings is 2. The Morgan fingerprint density at radius 2 is 1.81 bits per heavy atom. The Kier molecular flexibility index (Phi) is 7.53. The van der Waals surface area contributed by atoms with Gasteiger partial charge in [0, 0.05) is 12.5 Å². The van der Waals surface area contributed by atoms with Crippen molar-refractivity contribution in [3.05, 3.63) is 71.8 Å². The number of amides is 1. The van der Waals surface area contributed by atoms with Gasteiger partial charge in [0.15, 0.2) is 12.6 Å². The van der Waals surface area contributed by atoms with Crippen LogP contribution in [-0.2, 0) is 35.1 Å². The minimum absolute atomic E-state index is 0.0651. The van der Waals surface area contributed by atoms with E-state index in [9.17, 15) is 4.79 Å². The first kappa shape index (κ1) is 22.5. The van der Waals surface area contributed by atoms with Crippen molar-refractivity contribution in [2.24, 2.45) is 0 Å². The predicted molar refractivity (Wildman–Crippen MR) is 116 cm³/mol. The van der Waals surface area contributed by atoms with E-state index in [1.807, 2.05) is 60.7 Å². The molecule has 0 aromatic heterocycles. The second kappa shape index (κ2) is 10.7. The molecule has 0 unspecified atom stereocenters. The number of nitrogens with one attached hydrogen (secondary N) is 1. The van der Waals surface area contributed by atoms with Crippen molar-refractivity contribution in [1.29, 1.82) is 0 Å². The van der Waals surface area contributed by atoms with Gasteiger partial charge in [-0.25, -0.2) is 0 Å². The Balaban J connectivity index is 1.55. The zero-order chi connectivity index (χ0) is 22.3. The molecule has 2 saturated heterocycles. The van der Waals surface area contributed by atoms with E-state index >= 15 is 0 Å². The van der Waals surface area contributed by atoms with Crippen molar-refractivity contribution in [3.8, 4) is 12.3 Å². The molecule has 7 heteroatoms. The molecular weight excluding hydrogens is 410 g/mol. The van der Waals surface area contributed by atoms with Gasteiger partial charge in [0.1, 0.15) is 31.0 Å². The van der Waals surface area contributed by atoms with E-state index in [4.69, 9.17) is 30.1 Å². The third kappa shape index (κ3) is 5.36. The molecule has 2 aliphatic rings.